The van der Waals surface area contributed by atoms with Crippen LogP contribution in [0.3, 0.4) is 0 Å². The summed E-state index contributed by atoms with van der Waals surface area (Å²) in [5.74, 6) is -0.405. The first kappa shape index (κ1) is 13.7. The zero-order valence-corrected chi connectivity index (χ0v) is 8.88. The van der Waals surface area contributed by atoms with Crippen LogP contribution in [0.5, 0.6) is 0 Å². The first-order valence-corrected chi connectivity index (χ1v) is 3.21. The molecule has 0 radical (unpaired) electrons. The summed E-state index contributed by atoms with van der Waals surface area (Å²) in [5.41, 5.74) is 0. The van der Waals surface area contributed by atoms with Crippen LogP contribution in [0.4, 0.5) is 0 Å². The predicted molar refractivity (Wildman–Crippen MR) is 38.6 cm³/mol. The van der Waals surface area contributed by atoms with Gasteiger partial charge in [0, 0.05) is 12.7 Å². The third-order valence-electron chi connectivity index (χ3n) is 0.963. The van der Waals surface area contributed by atoms with Crippen LogP contribution in [0.2, 0.25) is 0 Å². The number of esters is 1. The van der Waals surface area contributed by atoms with E-state index in [-0.39, 0.29) is 37.6 Å². The Morgan fingerprint density at radius 3 is 2.73 bits per heavy atom. The molecule has 0 aliphatic heterocycles. The summed E-state index contributed by atoms with van der Waals surface area (Å²) in [4.78, 5) is 10.4. The standard InChI is InChI=1S/C7H12O3.Na.H/c1-2-7(9)10-6-4-3-5-8;;/h2,8H,1,3-6H2;;/q;+1;-1. The second-order valence-electron chi connectivity index (χ2n) is 1.80. The minimum Gasteiger partial charge on any atom is -1.00 e. The fourth-order valence-electron chi connectivity index (χ4n) is 0.446. The van der Waals surface area contributed by atoms with E-state index in [1.54, 1.807) is 0 Å². The molecule has 0 amide bonds. The molecule has 0 saturated carbocycles. The van der Waals surface area contributed by atoms with Gasteiger partial charge in [0.1, 0.15) is 0 Å². The molecule has 0 rings (SSSR count). The van der Waals surface area contributed by atoms with Crippen LogP contribution in [-0.2, 0) is 9.53 Å². The van der Waals surface area contributed by atoms with Crippen LogP contribution in [-0.4, -0.2) is 24.3 Å². The quantitative estimate of drug-likeness (QED) is 0.215. The maximum Gasteiger partial charge on any atom is 1.00 e. The van der Waals surface area contributed by atoms with E-state index in [4.69, 9.17) is 5.11 Å². The molecule has 0 unspecified atom stereocenters. The van der Waals surface area contributed by atoms with Crippen molar-refractivity contribution in [3.8, 4) is 0 Å². The van der Waals surface area contributed by atoms with E-state index in [9.17, 15) is 4.79 Å². The first-order valence-electron chi connectivity index (χ1n) is 3.21. The van der Waals surface area contributed by atoms with Gasteiger partial charge in [-0.05, 0) is 12.8 Å². The van der Waals surface area contributed by atoms with Crippen molar-refractivity contribution < 1.29 is 45.6 Å². The summed E-state index contributed by atoms with van der Waals surface area (Å²) >= 11 is 0. The maximum absolute atomic E-state index is 10.4. The molecule has 0 atom stereocenters. The Labute approximate surface area is 90.2 Å². The molecule has 0 aliphatic carbocycles. The molecule has 0 aromatic rings. The van der Waals surface area contributed by atoms with Gasteiger partial charge in [0.2, 0.25) is 0 Å². The second-order valence-corrected chi connectivity index (χ2v) is 1.80. The number of aliphatic hydroxyl groups excluding tert-OH is 1. The Balaban J connectivity index is -0.000000405. The van der Waals surface area contributed by atoms with Crippen LogP contribution in [0.1, 0.15) is 14.3 Å². The van der Waals surface area contributed by atoms with Crippen LogP contribution in [0, 0.1) is 0 Å². The van der Waals surface area contributed by atoms with E-state index in [2.05, 4.69) is 11.3 Å². The number of aliphatic hydroxyl groups is 1. The monoisotopic (exact) mass is 168 g/mol. The molecule has 11 heavy (non-hydrogen) atoms. The van der Waals surface area contributed by atoms with Gasteiger partial charge in [-0.3, -0.25) is 0 Å². The van der Waals surface area contributed by atoms with Crippen molar-refractivity contribution in [2.24, 2.45) is 0 Å². The van der Waals surface area contributed by atoms with E-state index in [1.165, 1.54) is 0 Å². The number of hydrogen-bond acceptors (Lipinski definition) is 3. The van der Waals surface area contributed by atoms with E-state index >= 15 is 0 Å². The zero-order valence-electron chi connectivity index (χ0n) is 7.88. The minimum absolute atomic E-state index is 0. The van der Waals surface area contributed by atoms with Gasteiger partial charge in [-0.25, -0.2) is 4.79 Å². The summed E-state index contributed by atoms with van der Waals surface area (Å²) < 4.78 is 4.63. The van der Waals surface area contributed by atoms with Crippen molar-refractivity contribution in [1.82, 2.24) is 0 Å². The summed E-state index contributed by atoms with van der Waals surface area (Å²) in [5, 5.41) is 8.33. The third-order valence-corrected chi connectivity index (χ3v) is 0.963. The van der Waals surface area contributed by atoms with Crippen LogP contribution < -0.4 is 29.6 Å². The second kappa shape index (κ2) is 10.2. The Hall–Kier alpha value is 0.170. The Morgan fingerprint density at radius 1 is 1.64 bits per heavy atom. The molecule has 0 aromatic carbocycles. The first-order chi connectivity index (χ1) is 4.81. The van der Waals surface area contributed by atoms with Crippen molar-refractivity contribution in [2.75, 3.05) is 13.2 Å². The topological polar surface area (TPSA) is 46.5 Å². The third kappa shape index (κ3) is 10.2. The molecule has 0 spiro atoms. The smallest absolute Gasteiger partial charge is 1.00 e. The van der Waals surface area contributed by atoms with Crippen LogP contribution in [0.25, 0.3) is 0 Å². The van der Waals surface area contributed by atoms with Crippen molar-refractivity contribution in [1.29, 1.82) is 0 Å². The van der Waals surface area contributed by atoms with E-state index in [0.29, 0.717) is 19.4 Å². The fourth-order valence-corrected chi connectivity index (χ4v) is 0.446. The number of hydrogen-bond donors (Lipinski definition) is 1. The number of carbonyl (C=O) groups excluding carboxylic acids is 1. The van der Waals surface area contributed by atoms with Crippen molar-refractivity contribution in [3.05, 3.63) is 12.7 Å². The molecule has 0 bridgehead atoms. The minimum atomic E-state index is -0.405. The van der Waals surface area contributed by atoms with E-state index in [0.717, 1.165) is 6.08 Å². The fraction of sp³-hybridized carbons (Fsp3) is 0.571. The van der Waals surface area contributed by atoms with E-state index < -0.39 is 5.97 Å². The van der Waals surface area contributed by atoms with Gasteiger partial charge in [-0.1, -0.05) is 6.58 Å². The van der Waals surface area contributed by atoms with Gasteiger partial charge in [-0.15, -0.1) is 0 Å². The molecule has 0 fully saturated rings. The van der Waals surface area contributed by atoms with Gasteiger partial charge in [0.15, 0.2) is 0 Å². The molecular formula is C7H13NaO3. The van der Waals surface area contributed by atoms with Crippen molar-refractivity contribution in [2.45, 2.75) is 12.8 Å². The average molecular weight is 168 g/mol. The molecule has 0 aromatic heterocycles. The molecule has 3 nitrogen and oxygen atoms in total. The van der Waals surface area contributed by atoms with Gasteiger partial charge >= 0.3 is 35.5 Å². The Kier molecular flexibility index (Phi) is 12.7. The van der Waals surface area contributed by atoms with Gasteiger partial charge in [0.25, 0.3) is 0 Å². The summed E-state index contributed by atoms with van der Waals surface area (Å²) in [6.07, 6.45) is 2.50. The number of carbonyl (C=O) groups is 1. The summed E-state index contributed by atoms with van der Waals surface area (Å²) in [6, 6.07) is 0. The molecule has 1 N–H and O–H groups in total. The van der Waals surface area contributed by atoms with Crippen LogP contribution >= 0.6 is 0 Å². The zero-order chi connectivity index (χ0) is 7.82. The largest absolute Gasteiger partial charge is 1.00 e. The number of rotatable bonds is 5. The summed E-state index contributed by atoms with van der Waals surface area (Å²) in [6.45, 7) is 3.75. The van der Waals surface area contributed by atoms with Crippen LogP contribution in [0.15, 0.2) is 12.7 Å². The normalized spacial score (nSPS) is 8.09. The Morgan fingerprint density at radius 2 is 2.27 bits per heavy atom. The molecule has 0 aliphatic rings. The number of ether oxygens (including phenoxy) is 1. The van der Waals surface area contributed by atoms with Crippen molar-refractivity contribution in [3.63, 3.8) is 0 Å². The van der Waals surface area contributed by atoms with E-state index in [1.807, 2.05) is 0 Å². The molecule has 4 heteroatoms. The average Bonchev–Trinajstić information content (AvgIpc) is 1.98. The van der Waals surface area contributed by atoms with Crippen molar-refractivity contribution >= 4 is 5.97 Å². The molecule has 0 saturated heterocycles. The molecule has 60 valence electrons. The SMILES string of the molecule is C=CC(=O)OCCCCO.[H-].[Na+]. The van der Waals surface area contributed by atoms with Gasteiger partial charge in [-0.2, -0.15) is 0 Å². The van der Waals surface area contributed by atoms with Gasteiger partial charge < -0.3 is 11.3 Å². The number of unbranched alkanes of at least 4 members (excludes halogenated alkanes) is 1. The molecular weight excluding hydrogens is 155 g/mol. The maximum atomic E-state index is 10.4. The Bertz CT molecular complexity index is 119. The predicted octanol–water partition coefficient (Wildman–Crippen LogP) is -2.40. The summed E-state index contributed by atoms with van der Waals surface area (Å²) in [7, 11) is 0. The van der Waals surface area contributed by atoms with Gasteiger partial charge in [0.05, 0.1) is 6.61 Å². The molecule has 0 heterocycles.